The number of rotatable bonds is 15. The van der Waals surface area contributed by atoms with Crippen molar-refractivity contribution in [2.24, 2.45) is 23.7 Å². The van der Waals surface area contributed by atoms with Gasteiger partial charge >= 0.3 is 26.8 Å². The molecule has 0 unspecified atom stereocenters. The third kappa shape index (κ3) is 15.0. The van der Waals surface area contributed by atoms with Crippen molar-refractivity contribution in [2.45, 2.75) is 164 Å². The minimum atomic E-state index is -1.14. The number of cyclic esters (lactones) is 2. The number of phenolic OH excluding ortho intramolecular Hbond substituents is 1. The van der Waals surface area contributed by atoms with Crippen molar-refractivity contribution < 1.29 is 71.3 Å². The van der Waals surface area contributed by atoms with Gasteiger partial charge in [-0.3, -0.25) is 0 Å². The molecule has 2 N–H and O–H groups in total. The van der Waals surface area contributed by atoms with E-state index in [4.69, 9.17) is 33.2 Å². The number of carbonyl (C=O) groups is 4. The summed E-state index contributed by atoms with van der Waals surface area (Å²) in [7, 11) is 2.77. The van der Waals surface area contributed by atoms with Crippen molar-refractivity contribution in [3.63, 3.8) is 0 Å². The lowest BCUT2D eigenvalue weighted by Gasteiger charge is -2.33. The summed E-state index contributed by atoms with van der Waals surface area (Å²) in [6, 6.07) is 6.64. The van der Waals surface area contributed by atoms with Gasteiger partial charge in [0.05, 0.1) is 30.5 Å². The fraction of sp³-hybridized carbons (Fsp3) is 0.564. The number of anilines is 2. The highest BCUT2D eigenvalue weighted by molar-refractivity contribution is 6.70. The highest BCUT2D eigenvalue weighted by Crippen LogP contribution is 2.41. The van der Waals surface area contributed by atoms with E-state index in [-0.39, 0.29) is 34.4 Å². The van der Waals surface area contributed by atoms with E-state index >= 15 is 8.78 Å². The van der Waals surface area contributed by atoms with E-state index in [9.17, 15) is 29.4 Å². The first-order chi connectivity index (χ1) is 34.6. The molecule has 4 aliphatic heterocycles. The summed E-state index contributed by atoms with van der Waals surface area (Å²) < 4.78 is 71.6. The molecular weight excluding hydrogens is 956 g/mol. The molecule has 0 aromatic heterocycles. The quantitative estimate of drug-likeness (QED) is 0.0977. The molecule has 2 radical (unpaired) electrons. The molecule has 0 spiro atoms. The lowest BCUT2D eigenvalue weighted by atomic mass is 9.91. The molecule has 0 amide bonds. The Hall–Kier alpha value is -5.33. The van der Waals surface area contributed by atoms with Crippen molar-refractivity contribution in [1.82, 2.24) is 0 Å². The summed E-state index contributed by atoms with van der Waals surface area (Å²) in [6.45, 7) is 25.6. The van der Waals surface area contributed by atoms with Crippen LogP contribution in [0.15, 0.2) is 60.2 Å². The number of phenols is 1. The Labute approximate surface area is 436 Å². The molecule has 0 saturated carbocycles. The lowest BCUT2D eigenvalue weighted by molar-refractivity contribution is -0.149. The maximum atomic E-state index is 15.2. The van der Waals surface area contributed by atoms with E-state index in [1.54, 1.807) is 123 Å². The van der Waals surface area contributed by atoms with Crippen LogP contribution in [-0.2, 0) is 38.0 Å². The van der Waals surface area contributed by atoms with Gasteiger partial charge in [-0.2, -0.15) is 0 Å². The Morgan fingerprint density at radius 3 is 2.07 bits per heavy atom. The number of nitrogens with zero attached hydrogens (tertiary/aromatic N) is 2. The largest absolute Gasteiger partial charge is 0.507 e. The van der Waals surface area contributed by atoms with Crippen LogP contribution in [0.1, 0.15) is 142 Å². The Bertz CT molecular complexity index is 2460. The number of ether oxygens (including phenoxy) is 7. The number of hydrogen-bond acceptors (Lipinski definition) is 15. The van der Waals surface area contributed by atoms with Gasteiger partial charge in [0.25, 0.3) is 0 Å². The second-order valence-electron chi connectivity index (χ2n) is 20.7. The first-order valence-corrected chi connectivity index (χ1v) is 25.4. The molecular formula is C55H74B2F2N2O13. The van der Waals surface area contributed by atoms with Gasteiger partial charge in [-0.1, -0.05) is 52.0 Å². The standard InChI is InChI=1S/C29H40BFNO7.C26H34BFNO6/c1-9-32(30-16-33)21-14-20(25-24(15-21)37-29(7,8)39-27(25)35)11-10-12-23-26(38-28(5,6)36-23)18(3)22(31)13-17(2)19(4)34;1-7-29(27-14-30)19-12-18-9-8-10-22-24(35-26(5,6)34-22)16(3)20(28)11-15(2)17(4)33-25(32)23(18)21(31)13-19/h10-11,13-19,23,26,34H,9,12H2,1-8H3;8-9,11-17,22,24,31H,7,10H2,1-6H3/b11-10+,22-13+;9-8+,20-11+/t17-,18-,19+,23+,26-;15-,16-,17+,22+,24-/m11/s1. The second-order valence-corrected chi connectivity index (χ2v) is 20.7. The minimum Gasteiger partial charge on any atom is -0.507 e. The third-order valence-corrected chi connectivity index (χ3v) is 13.4. The van der Waals surface area contributed by atoms with Crippen molar-refractivity contribution in [2.75, 3.05) is 22.7 Å². The molecule has 15 nitrogen and oxygen atoms in total. The minimum absolute atomic E-state index is 0.00144. The summed E-state index contributed by atoms with van der Waals surface area (Å²) in [5, 5.41) is 20.6. The zero-order valence-electron chi connectivity index (χ0n) is 45.2. The predicted molar refractivity (Wildman–Crippen MR) is 282 cm³/mol. The van der Waals surface area contributed by atoms with Crippen molar-refractivity contribution in [1.29, 1.82) is 0 Å². The normalized spacial score (nSPS) is 27.6. The average molecular weight is 1030 g/mol. The summed E-state index contributed by atoms with van der Waals surface area (Å²) in [6.07, 6.45) is 8.91. The van der Waals surface area contributed by atoms with Crippen LogP contribution in [0.2, 0.25) is 0 Å². The first-order valence-electron chi connectivity index (χ1n) is 25.4. The van der Waals surface area contributed by atoms with Gasteiger partial charge in [0.2, 0.25) is 5.79 Å². The monoisotopic (exact) mass is 1030 g/mol. The Balaban J connectivity index is 0.000000276. The van der Waals surface area contributed by atoms with E-state index in [0.29, 0.717) is 66.6 Å². The number of hydrogen-bond donors (Lipinski definition) is 2. The summed E-state index contributed by atoms with van der Waals surface area (Å²) in [4.78, 5) is 51.7. The van der Waals surface area contributed by atoms with Crippen LogP contribution in [0, 0.1) is 23.7 Å². The van der Waals surface area contributed by atoms with Crippen LogP contribution in [-0.4, -0.2) is 116 Å². The van der Waals surface area contributed by atoms with Crippen molar-refractivity contribution >= 4 is 62.7 Å². The van der Waals surface area contributed by atoms with Gasteiger partial charge < -0.3 is 62.6 Å². The number of aliphatic hydroxyl groups is 1. The molecule has 2 saturated heterocycles. The molecule has 2 aromatic carbocycles. The summed E-state index contributed by atoms with van der Waals surface area (Å²) in [5.74, 6) is -6.66. The van der Waals surface area contributed by atoms with Crippen LogP contribution in [0.3, 0.4) is 0 Å². The second kappa shape index (κ2) is 25.0. The molecule has 74 heavy (non-hydrogen) atoms. The molecule has 4 heterocycles. The van der Waals surface area contributed by atoms with Crippen LogP contribution in [0.25, 0.3) is 12.2 Å². The molecule has 0 aliphatic carbocycles. The van der Waals surface area contributed by atoms with E-state index in [1.165, 1.54) is 33.0 Å². The molecule has 402 valence electrons. The first kappa shape index (κ1) is 59.5. The number of benzene rings is 2. The zero-order chi connectivity index (χ0) is 55.0. The summed E-state index contributed by atoms with van der Waals surface area (Å²) in [5.41, 5.74) is 2.51. The number of fused-ring (bicyclic) bond motifs is 3. The van der Waals surface area contributed by atoms with Gasteiger partial charge in [-0.15, -0.1) is 0 Å². The van der Waals surface area contributed by atoms with E-state index in [0.717, 1.165) is 0 Å². The lowest BCUT2D eigenvalue weighted by Crippen LogP contribution is -2.39. The highest BCUT2D eigenvalue weighted by atomic mass is 19.1. The molecule has 6 rings (SSSR count). The number of aromatic hydroxyl groups is 1. The van der Waals surface area contributed by atoms with Crippen LogP contribution in [0.5, 0.6) is 11.5 Å². The average Bonchev–Trinajstić information content (AvgIpc) is 3.80. The van der Waals surface area contributed by atoms with Crippen molar-refractivity contribution in [3.05, 3.63) is 82.5 Å². The fourth-order valence-corrected chi connectivity index (χ4v) is 9.15. The smallest absolute Gasteiger partial charge is 0.345 e. The van der Waals surface area contributed by atoms with Crippen LogP contribution < -0.4 is 14.4 Å². The van der Waals surface area contributed by atoms with Crippen molar-refractivity contribution in [3.8, 4) is 11.5 Å². The fourth-order valence-electron chi connectivity index (χ4n) is 9.15. The van der Waals surface area contributed by atoms with Gasteiger partial charge in [0.15, 0.2) is 11.6 Å². The van der Waals surface area contributed by atoms with Gasteiger partial charge in [0.1, 0.15) is 52.8 Å². The highest BCUT2D eigenvalue weighted by Gasteiger charge is 2.46. The maximum Gasteiger partial charge on any atom is 0.345 e. The number of esters is 2. The Morgan fingerprint density at radius 1 is 0.838 bits per heavy atom. The molecule has 19 heteroatoms. The van der Waals surface area contributed by atoms with Gasteiger partial charge in [0, 0.05) is 74.1 Å². The zero-order valence-corrected chi connectivity index (χ0v) is 45.2. The number of carbonyl (C=O) groups excluding carboxylic acids is 4. The Morgan fingerprint density at radius 2 is 1.46 bits per heavy atom. The van der Waals surface area contributed by atoms with Crippen LogP contribution >= 0.6 is 0 Å². The predicted octanol–water partition coefficient (Wildman–Crippen LogP) is 9.67. The maximum absolute atomic E-state index is 15.2. The third-order valence-electron chi connectivity index (χ3n) is 13.4. The van der Waals surface area contributed by atoms with Crippen LogP contribution in [0.4, 0.5) is 20.2 Å². The van der Waals surface area contributed by atoms with E-state index in [2.05, 4.69) is 0 Å². The topological polar surface area (TPSA) is 180 Å². The van der Waals surface area contributed by atoms with Gasteiger partial charge in [-0.05, 0) is 104 Å². The number of halogens is 2. The van der Waals surface area contributed by atoms with E-state index in [1.807, 2.05) is 26.0 Å². The Kier molecular flexibility index (Phi) is 20.1. The number of aliphatic hydroxyl groups excluding tert-OH is 1. The molecule has 2 aromatic rings. The molecule has 4 aliphatic rings. The molecule has 0 bridgehead atoms. The molecule has 2 fully saturated rings. The van der Waals surface area contributed by atoms with Gasteiger partial charge in [-0.25, -0.2) is 18.4 Å². The van der Waals surface area contributed by atoms with E-state index < -0.39 is 83.7 Å². The SMILES string of the molecule is CCN([B]C=O)c1cc(/C=C/C[C@@H]2OC(C)(C)O[C@@H]2[C@H](C)/C(F)=C\[C@@H](C)[C@H](C)O)c2c(c1)OC(C)(C)OC2=O.CCN([B]C=O)c1cc(O)c2c(c1)/C=C/C[C@@H]1OC(C)(C)O[C@@H]1[C@H](C)/C(F)=C\[C@@H](C)[C@H](C)OC2=O. The molecule has 10 atom stereocenters. The summed E-state index contributed by atoms with van der Waals surface area (Å²) >= 11 is 0.